The Morgan fingerprint density at radius 2 is 1.80 bits per heavy atom. The van der Waals surface area contributed by atoms with Gasteiger partial charge in [-0.1, -0.05) is 60.1 Å². The summed E-state index contributed by atoms with van der Waals surface area (Å²) in [5.74, 6) is -0.532. The Morgan fingerprint density at radius 1 is 1.16 bits per heavy atom. The first-order valence-electron chi connectivity index (χ1n) is 7.67. The lowest BCUT2D eigenvalue weighted by Gasteiger charge is -2.28. The Bertz CT molecular complexity index is 940. The summed E-state index contributed by atoms with van der Waals surface area (Å²) in [7, 11) is 0. The summed E-state index contributed by atoms with van der Waals surface area (Å²) in [6.45, 7) is 1.45. The van der Waals surface area contributed by atoms with Crippen LogP contribution in [0.2, 0.25) is 5.02 Å². The molecule has 1 heterocycles. The first-order chi connectivity index (χ1) is 12.0. The fraction of sp³-hybridized carbons (Fsp3) is 0.100. The van der Waals surface area contributed by atoms with Crippen molar-refractivity contribution >= 4 is 23.1 Å². The van der Waals surface area contributed by atoms with Gasteiger partial charge in [0.15, 0.2) is 5.78 Å². The highest BCUT2D eigenvalue weighted by molar-refractivity contribution is 6.31. The fourth-order valence-corrected chi connectivity index (χ4v) is 3.19. The minimum atomic E-state index is -0.667. The summed E-state index contributed by atoms with van der Waals surface area (Å²) in [6, 6.07) is 18.4. The molecule has 0 saturated heterocycles. The van der Waals surface area contributed by atoms with Gasteiger partial charge in [0.1, 0.15) is 17.4 Å². The lowest BCUT2D eigenvalue weighted by atomic mass is 9.80. The molecule has 3 rings (SSSR count). The molecule has 0 aliphatic carbocycles. The van der Waals surface area contributed by atoms with Crippen LogP contribution in [0.15, 0.2) is 71.6 Å². The molecule has 1 atom stereocenters. The number of rotatable bonds is 3. The first-order valence-corrected chi connectivity index (χ1v) is 8.05. The first kappa shape index (κ1) is 16.8. The summed E-state index contributed by atoms with van der Waals surface area (Å²) >= 11 is 6.34. The highest BCUT2D eigenvalue weighted by atomic mass is 35.5. The molecule has 0 aromatic heterocycles. The van der Waals surface area contributed by atoms with Gasteiger partial charge in [0.2, 0.25) is 5.88 Å². The highest BCUT2D eigenvalue weighted by Gasteiger charge is 2.36. The van der Waals surface area contributed by atoms with E-state index < -0.39 is 5.92 Å². The Balaban J connectivity index is 2.31. The largest absolute Gasteiger partial charge is 0.439 e. The maximum absolute atomic E-state index is 12.5. The van der Waals surface area contributed by atoms with E-state index in [1.54, 1.807) is 18.2 Å². The summed E-state index contributed by atoms with van der Waals surface area (Å²) in [4.78, 5) is 12.5. The van der Waals surface area contributed by atoms with Crippen molar-refractivity contribution in [3.8, 4) is 6.07 Å². The van der Waals surface area contributed by atoms with Crippen LogP contribution in [0, 0.1) is 11.3 Å². The molecule has 0 bridgehead atoms. The Hall–Kier alpha value is -3.03. The quantitative estimate of drug-likeness (QED) is 0.902. The zero-order valence-corrected chi connectivity index (χ0v) is 14.2. The van der Waals surface area contributed by atoms with Crippen LogP contribution in [0.25, 0.3) is 5.76 Å². The van der Waals surface area contributed by atoms with E-state index in [1.807, 2.05) is 36.4 Å². The van der Waals surface area contributed by atoms with Crippen LogP contribution >= 0.6 is 11.6 Å². The predicted octanol–water partition coefficient (Wildman–Crippen LogP) is 4.15. The molecule has 0 fully saturated rings. The van der Waals surface area contributed by atoms with Crippen LogP contribution in [0.4, 0.5) is 0 Å². The minimum absolute atomic E-state index is 0.0173. The van der Waals surface area contributed by atoms with Gasteiger partial charge >= 0.3 is 0 Å². The number of halogens is 1. The standard InChI is InChI=1S/C20H15ClN2O2/c1-12(24)17-18(14-9-5-6-10-16(14)21)15(11-22)20(23)25-19(17)13-7-3-2-4-8-13/h2-10,18H,23H2,1H3. The van der Waals surface area contributed by atoms with Crippen molar-refractivity contribution in [1.82, 2.24) is 0 Å². The summed E-state index contributed by atoms with van der Waals surface area (Å²) in [5, 5.41) is 10.1. The summed E-state index contributed by atoms with van der Waals surface area (Å²) in [5.41, 5.74) is 7.91. The fourth-order valence-electron chi connectivity index (χ4n) is 2.94. The molecule has 2 aromatic rings. The van der Waals surface area contributed by atoms with Crippen molar-refractivity contribution in [3.63, 3.8) is 0 Å². The van der Waals surface area contributed by atoms with Gasteiger partial charge in [-0.25, -0.2) is 0 Å². The van der Waals surface area contributed by atoms with Crippen LogP contribution in [0.3, 0.4) is 0 Å². The SMILES string of the molecule is CC(=O)C1=C(c2ccccc2)OC(N)=C(C#N)C1c1ccccc1Cl. The molecule has 0 spiro atoms. The van der Waals surface area contributed by atoms with E-state index in [1.165, 1.54) is 6.92 Å². The number of hydrogen-bond acceptors (Lipinski definition) is 4. The number of hydrogen-bond donors (Lipinski definition) is 1. The van der Waals surface area contributed by atoms with Crippen LogP contribution < -0.4 is 5.73 Å². The molecule has 0 radical (unpaired) electrons. The van der Waals surface area contributed by atoms with Gasteiger partial charge in [-0.3, -0.25) is 4.79 Å². The molecule has 1 aliphatic rings. The van der Waals surface area contributed by atoms with Gasteiger partial charge in [0, 0.05) is 10.6 Å². The Labute approximate surface area is 150 Å². The molecule has 5 heteroatoms. The molecular weight excluding hydrogens is 336 g/mol. The van der Waals surface area contributed by atoms with Crippen LogP contribution in [0.5, 0.6) is 0 Å². The van der Waals surface area contributed by atoms with Crippen molar-refractivity contribution in [2.45, 2.75) is 12.8 Å². The smallest absolute Gasteiger partial charge is 0.205 e. The monoisotopic (exact) mass is 350 g/mol. The van der Waals surface area contributed by atoms with E-state index in [4.69, 9.17) is 22.1 Å². The van der Waals surface area contributed by atoms with E-state index >= 15 is 0 Å². The molecule has 25 heavy (non-hydrogen) atoms. The number of ketones is 1. The van der Waals surface area contributed by atoms with Gasteiger partial charge in [-0.05, 0) is 18.6 Å². The zero-order valence-electron chi connectivity index (χ0n) is 13.5. The summed E-state index contributed by atoms with van der Waals surface area (Å²) < 4.78 is 5.69. The van der Waals surface area contributed by atoms with E-state index in [0.29, 0.717) is 27.5 Å². The molecule has 1 unspecified atom stereocenters. The van der Waals surface area contributed by atoms with Gasteiger partial charge in [-0.2, -0.15) is 5.26 Å². The topological polar surface area (TPSA) is 76.1 Å². The molecule has 2 aromatic carbocycles. The second-order valence-electron chi connectivity index (χ2n) is 5.61. The van der Waals surface area contributed by atoms with E-state index in [-0.39, 0.29) is 17.2 Å². The number of carbonyl (C=O) groups excluding carboxylic acids is 1. The number of nitriles is 1. The lowest BCUT2D eigenvalue weighted by molar-refractivity contribution is -0.113. The molecule has 0 amide bonds. The lowest BCUT2D eigenvalue weighted by Crippen LogP contribution is -2.23. The maximum atomic E-state index is 12.5. The Kier molecular flexibility index (Phi) is 4.60. The van der Waals surface area contributed by atoms with Crippen LogP contribution in [-0.4, -0.2) is 5.78 Å². The number of nitrogens with zero attached hydrogens (tertiary/aromatic N) is 1. The number of benzene rings is 2. The number of nitrogens with two attached hydrogens (primary N) is 1. The van der Waals surface area contributed by atoms with Crippen LogP contribution in [-0.2, 0) is 9.53 Å². The Morgan fingerprint density at radius 3 is 2.40 bits per heavy atom. The predicted molar refractivity (Wildman–Crippen MR) is 96.1 cm³/mol. The molecular formula is C20H15ClN2O2. The van der Waals surface area contributed by atoms with Crippen molar-refractivity contribution in [2.24, 2.45) is 5.73 Å². The minimum Gasteiger partial charge on any atom is -0.439 e. The van der Waals surface area contributed by atoms with Crippen molar-refractivity contribution in [2.75, 3.05) is 0 Å². The average Bonchev–Trinajstić information content (AvgIpc) is 2.61. The zero-order chi connectivity index (χ0) is 18.0. The van der Waals surface area contributed by atoms with E-state index in [9.17, 15) is 10.1 Å². The van der Waals surface area contributed by atoms with E-state index in [2.05, 4.69) is 6.07 Å². The van der Waals surface area contributed by atoms with Gasteiger partial charge in [-0.15, -0.1) is 0 Å². The molecule has 4 nitrogen and oxygen atoms in total. The van der Waals surface area contributed by atoms with Gasteiger partial charge in [0.05, 0.1) is 11.5 Å². The number of allylic oxidation sites excluding steroid dienone is 2. The third-order valence-electron chi connectivity index (χ3n) is 4.05. The maximum Gasteiger partial charge on any atom is 0.205 e. The normalized spacial score (nSPS) is 17.1. The van der Waals surface area contributed by atoms with Crippen molar-refractivity contribution < 1.29 is 9.53 Å². The number of ether oxygens (including phenoxy) is 1. The molecule has 124 valence electrons. The second-order valence-corrected chi connectivity index (χ2v) is 6.02. The van der Waals surface area contributed by atoms with Crippen LogP contribution in [0.1, 0.15) is 24.0 Å². The number of Topliss-reactive ketones (excluding diaryl/α,β-unsaturated/α-hetero) is 1. The van der Waals surface area contributed by atoms with Crippen molar-refractivity contribution in [1.29, 1.82) is 5.26 Å². The summed E-state index contributed by atoms with van der Waals surface area (Å²) in [6.07, 6.45) is 0. The van der Waals surface area contributed by atoms with Gasteiger partial charge in [0.25, 0.3) is 0 Å². The average molecular weight is 351 g/mol. The third kappa shape index (κ3) is 3.02. The molecule has 0 saturated carbocycles. The molecule has 2 N–H and O–H groups in total. The van der Waals surface area contributed by atoms with Gasteiger partial charge < -0.3 is 10.5 Å². The number of carbonyl (C=O) groups is 1. The second kappa shape index (κ2) is 6.84. The molecule has 1 aliphatic heterocycles. The highest BCUT2D eigenvalue weighted by Crippen LogP contribution is 2.44. The van der Waals surface area contributed by atoms with Crippen molar-refractivity contribution in [3.05, 3.63) is 87.8 Å². The third-order valence-corrected chi connectivity index (χ3v) is 4.40. The van der Waals surface area contributed by atoms with E-state index in [0.717, 1.165) is 0 Å².